The Balaban J connectivity index is 2.36. The van der Waals surface area contributed by atoms with Gasteiger partial charge < -0.3 is 15.2 Å². The summed E-state index contributed by atoms with van der Waals surface area (Å²) in [6.45, 7) is 5.58. The summed E-state index contributed by atoms with van der Waals surface area (Å²) in [4.78, 5) is 25.1. The molecule has 0 saturated carbocycles. The number of hydrogen-bond acceptors (Lipinski definition) is 4. The van der Waals surface area contributed by atoms with Crippen molar-refractivity contribution in [3.8, 4) is 0 Å². The normalized spacial score (nSPS) is 18.5. The lowest BCUT2D eigenvalue weighted by Gasteiger charge is -2.42. The molecule has 0 aliphatic carbocycles. The molecule has 120 valence electrons. The zero-order chi connectivity index (χ0) is 16.2. The lowest BCUT2D eigenvalue weighted by molar-refractivity contribution is -0.156. The summed E-state index contributed by atoms with van der Waals surface area (Å²) in [5, 5.41) is 12.6. The maximum absolute atomic E-state index is 12.1. The predicted octanol–water partition coefficient (Wildman–Crippen LogP) is 1.67. The molecule has 1 atom stereocenters. The summed E-state index contributed by atoms with van der Waals surface area (Å²) >= 11 is 0. The van der Waals surface area contributed by atoms with Gasteiger partial charge in [0, 0.05) is 25.7 Å². The minimum Gasteiger partial charge on any atom is -0.480 e. The summed E-state index contributed by atoms with van der Waals surface area (Å²) in [7, 11) is 0. The van der Waals surface area contributed by atoms with Crippen molar-refractivity contribution in [3.05, 3.63) is 29.8 Å². The highest BCUT2D eigenvalue weighted by Gasteiger charge is 2.44. The van der Waals surface area contributed by atoms with Gasteiger partial charge in [-0.05, 0) is 24.1 Å². The molecule has 0 bridgehead atoms. The van der Waals surface area contributed by atoms with E-state index in [0.717, 1.165) is 5.56 Å². The summed E-state index contributed by atoms with van der Waals surface area (Å²) < 4.78 is 5.34. The number of aliphatic carboxylic acids is 1. The second-order valence-electron chi connectivity index (χ2n) is 5.38. The number of ether oxygens (including phenoxy) is 1. The average Bonchev–Trinajstić information content (AvgIpc) is 2.50. The second-order valence-corrected chi connectivity index (χ2v) is 5.38. The van der Waals surface area contributed by atoms with Crippen molar-refractivity contribution in [2.24, 2.45) is 0 Å². The third kappa shape index (κ3) is 3.13. The van der Waals surface area contributed by atoms with Crippen LogP contribution in [0.15, 0.2) is 24.3 Å². The molecule has 1 unspecified atom stereocenters. The molecular formula is C16H22N2O4. The summed E-state index contributed by atoms with van der Waals surface area (Å²) in [6, 6.07) is 7.03. The molecule has 1 aliphatic rings. The molecule has 2 N–H and O–H groups in total. The number of carbonyl (C=O) groups excluding carboxylic acids is 1. The molecule has 1 saturated heterocycles. The summed E-state index contributed by atoms with van der Waals surface area (Å²) in [6.07, 6.45) is 0.460. The lowest BCUT2D eigenvalue weighted by Crippen LogP contribution is -2.55. The molecule has 0 aromatic heterocycles. The third-order valence-corrected chi connectivity index (χ3v) is 4.10. The molecule has 1 heterocycles. The maximum atomic E-state index is 12.1. The standard InChI is InChI=1S/C16H22N2O4/c1-3-16(15(20)21,18-8-10-22-11-9-18)13-4-6-14(7-5-13)17-12(2)19/h4-7H,3,8-11H2,1-2H3,(H,17,19)(H,20,21). The van der Waals surface area contributed by atoms with Crippen molar-refractivity contribution in [3.63, 3.8) is 0 Å². The van der Waals surface area contributed by atoms with E-state index in [4.69, 9.17) is 4.74 Å². The quantitative estimate of drug-likeness (QED) is 0.865. The molecule has 6 nitrogen and oxygen atoms in total. The molecular weight excluding hydrogens is 284 g/mol. The van der Waals surface area contributed by atoms with Gasteiger partial charge in [0.2, 0.25) is 5.91 Å². The number of rotatable bonds is 5. The van der Waals surface area contributed by atoms with Crippen LogP contribution in [0, 0.1) is 0 Å². The fourth-order valence-electron chi connectivity index (χ4n) is 3.00. The number of benzene rings is 1. The predicted molar refractivity (Wildman–Crippen MR) is 82.7 cm³/mol. The molecule has 22 heavy (non-hydrogen) atoms. The number of nitrogens with one attached hydrogen (secondary N) is 1. The van der Waals surface area contributed by atoms with E-state index in [9.17, 15) is 14.7 Å². The Bertz CT molecular complexity index is 538. The van der Waals surface area contributed by atoms with Gasteiger partial charge in [0.25, 0.3) is 0 Å². The van der Waals surface area contributed by atoms with E-state index in [1.54, 1.807) is 24.3 Å². The topological polar surface area (TPSA) is 78.9 Å². The molecule has 1 amide bonds. The highest BCUT2D eigenvalue weighted by atomic mass is 16.5. The van der Waals surface area contributed by atoms with E-state index in [-0.39, 0.29) is 5.91 Å². The minimum atomic E-state index is -1.06. The zero-order valence-electron chi connectivity index (χ0n) is 13.0. The Morgan fingerprint density at radius 3 is 2.32 bits per heavy atom. The second kappa shape index (κ2) is 6.89. The Morgan fingerprint density at radius 1 is 1.27 bits per heavy atom. The van der Waals surface area contributed by atoms with Gasteiger partial charge in [0.05, 0.1) is 13.2 Å². The fourth-order valence-corrected chi connectivity index (χ4v) is 3.00. The largest absolute Gasteiger partial charge is 0.480 e. The number of anilines is 1. The van der Waals surface area contributed by atoms with Crippen molar-refractivity contribution in [1.29, 1.82) is 0 Å². The van der Waals surface area contributed by atoms with E-state index < -0.39 is 11.5 Å². The number of carboxylic acid groups (broad SMARTS) is 1. The monoisotopic (exact) mass is 306 g/mol. The summed E-state index contributed by atoms with van der Waals surface area (Å²) in [5.41, 5.74) is 0.325. The van der Waals surface area contributed by atoms with E-state index in [1.165, 1.54) is 6.92 Å². The van der Waals surface area contributed by atoms with Gasteiger partial charge in [-0.3, -0.25) is 9.69 Å². The van der Waals surface area contributed by atoms with Crippen LogP contribution in [0.5, 0.6) is 0 Å². The van der Waals surface area contributed by atoms with Gasteiger partial charge in [0.1, 0.15) is 5.54 Å². The van der Waals surface area contributed by atoms with Gasteiger partial charge in [-0.25, -0.2) is 4.79 Å². The number of carbonyl (C=O) groups is 2. The SMILES string of the molecule is CCC(C(=O)O)(c1ccc(NC(C)=O)cc1)N1CCOCC1. The first-order chi connectivity index (χ1) is 10.5. The van der Waals surface area contributed by atoms with Crippen molar-refractivity contribution >= 4 is 17.6 Å². The van der Waals surface area contributed by atoms with Crippen molar-refractivity contribution in [1.82, 2.24) is 4.90 Å². The van der Waals surface area contributed by atoms with Crippen LogP contribution in [-0.4, -0.2) is 48.2 Å². The molecule has 1 aliphatic heterocycles. The average molecular weight is 306 g/mol. The van der Waals surface area contributed by atoms with Crippen molar-refractivity contribution in [2.75, 3.05) is 31.6 Å². The first-order valence-corrected chi connectivity index (χ1v) is 7.45. The van der Waals surface area contributed by atoms with Crippen LogP contribution < -0.4 is 5.32 Å². The van der Waals surface area contributed by atoms with E-state index in [1.807, 2.05) is 11.8 Å². The number of amides is 1. The van der Waals surface area contributed by atoms with Gasteiger partial charge >= 0.3 is 5.97 Å². The van der Waals surface area contributed by atoms with Gasteiger partial charge in [0.15, 0.2) is 0 Å². The molecule has 2 rings (SSSR count). The third-order valence-electron chi connectivity index (χ3n) is 4.10. The van der Waals surface area contributed by atoms with Crippen LogP contribution in [0.25, 0.3) is 0 Å². The Kier molecular flexibility index (Phi) is 5.15. The van der Waals surface area contributed by atoms with E-state index >= 15 is 0 Å². The van der Waals surface area contributed by atoms with E-state index in [0.29, 0.717) is 38.4 Å². The summed E-state index contributed by atoms with van der Waals surface area (Å²) in [5.74, 6) is -1.01. The number of morpholine rings is 1. The van der Waals surface area contributed by atoms with Crippen LogP contribution in [-0.2, 0) is 19.9 Å². The maximum Gasteiger partial charge on any atom is 0.328 e. The fraction of sp³-hybridized carbons (Fsp3) is 0.500. The number of hydrogen-bond donors (Lipinski definition) is 2. The smallest absolute Gasteiger partial charge is 0.328 e. The lowest BCUT2D eigenvalue weighted by atomic mass is 9.84. The zero-order valence-corrected chi connectivity index (χ0v) is 13.0. The Labute approximate surface area is 130 Å². The first-order valence-electron chi connectivity index (χ1n) is 7.45. The number of nitrogens with zero attached hydrogens (tertiary/aromatic N) is 1. The minimum absolute atomic E-state index is 0.152. The van der Waals surface area contributed by atoms with Crippen LogP contribution in [0.1, 0.15) is 25.8 Å². The molecule has 6 heteroatoms. The van der Waals surface area contributed by atoms with Crippen molar-refractivity contribution < 1.29 is 19.4 Å². The molecule has 0 radical (unpaired) electrons. The van der Waals surface area contributed by atoms with Crippen LogP contribution in [0.2, 0.25) is 0 Å². The first kappa shape index (κ1) is 16.5. The highest BCUT2D eigenvalue weighted by molar-refractivity contribution is 5.88. The molecule has 1 aromatic carbocycles. The molecule has 1 aromatic rings. The van der Waals surface area contributed by atoms with Crippen LogP contribution in [0.4, 0.5) is 5.69 Å². The van der Waals surface area contributed by atoms with E-state index in [2.05, 4.69) is 5.32 Å². The van der Waals surface area contributed by atoms with Crippen LogP contribution in [0.3, 0.4) is 0 Å². The Morgan fingerprint density at radius 2 is 1.86 bits per heavy atom. The van der Waals surface area contributed by atoms with Crippen molar-refractivity contribution in [2.45, 2.75) is 25.8 Å². The molecule has 1 fully saturated rings. The van der Waals surface area contributed by atoms with Gasteiger partial charge in [-0.2, -0.15) is 0 Å². The van der Waals surface area contributed by atoms with Crippen LogP contribution >= 0.6 is 0 Å². The van der Waals surface area contributed by atoms with Gasteiger partial charge in [-0.1, -0.05) is 19.1 Å². The Hall–Kier alpha value is -1.92. The number of carboxylic acids is 1. The molecule has 0 spiro atoms. The highest BCUT2D eigenvalue weighted by Crippen LogP contribution is 2.34. The van der Waals surface area contributed by atoms with Gasteiger partial charge in [-0.15, -0.1) is 0 Å².